The number of amides is 1. The van der Waals surface area contributed by atoms with E-state index >= 15 is 0 Å². The van der Waals surface area contributed by atoms with Gasteiger partial charge in [-0.05, 0) is 25.0 Å². The minimum absolute atomic E-state index is 0.0767. The van der Waals surface area contributed by atoms with Crippen molar-refractivity contribution in [3.05, 3.63) is 35.4 Å². The lowest BCUT2D eigenvalue weighted by molar-refractivity contribution is -0.136. The van der Waals surface area contributed by atoms with Crippen molar-refractivity contribution in [1.82, 2.24) is 4.90 Å². The maximum absolute atomic E-state index is 13.6. The molecule has 6 heteroatoms. The highest BCUT2D eigenvalue weighted by molar-refractivity contribution is 5.79. The van der Waals surface area contributed by atoms with Crippen LogP contribution in [-0.4, -0.2) is 43.2 Å². The zero-order chi connectivity index (χ0) is 15.4. The Morgan fingerprint density at radius 3 is 2.67 bits per heavy atom. The first-order chi connectivity index (χ1) is 10.1. The monoisotopic (exact) mass is 298 g/mol. The van der Waals surface area contributed by atoms with Crippen LogP contribution in [0.15, 0.2) is 18.2 Å². The number of benzene rings is 1. The van der Waals surface area contributed by atoms with Crippen LogP contribution in [0.25, 0.3) is 0 Å². The average molecular weight is 298 g/mol. The van der Waals surface area contributed by atoms with E-state index in [1.54, 1.807) is 12.0 Å². The third kappa shape index (κ3) is 3.57. The Labute approximate surface area is 122 Å². The quantitative estimate of drug-likeness (QED) is 0.916. The minimum Gasteiger partial charge on any atom is -0.381 e. The Kier molecular flexibility index (Phi) is 5.25. The van der Waals surface area contributed by atoms with Crippen molar-refractivity contribution in [2.24, 2.45) is 5.73 Å². The second-order valence-electron chi connectivity index (χ2n) is 5.24. The Bertz CT molecular complexity index is 490. The first-order valence-corrected chi connectivity index (χ1v) is 7.02. The second kappa shape index (κ2) is 6.95. The molecule has 2 unspecified atom stereocenters. The summed E-state index contributed by atoms with van der Waals surface area (Å²) in [5.74, 6) is -1.69. The number of ether oxygens (including phenoxy) is 1. The van der Waals surface area contributed by atoms with Crippen molar-refractivity contribution in [3.8, 4) is 0 Å². The number of methoxy groups -OCH3 is 1. The summed E-state index contributed by atoms with van der Waals surface area (Å²) in [5.41, 5.74) is 5.52. The summed E-state index contributed by atoms with van der Waals surface area (Å²) >= 11 is 0. The third-order valence-corrected chi connectivity index (χ3v) is 3.98. The molecule has 1 aromatic rings. The van der Waals surface area contributed by atoms with E-state index in [0.29, 0.717) is 25.9 Å². The van der Waals surface area contributed by atoms with Crippen molar-refractivity contribution in [1.29, 1.82) is 0 Å². The van der Waals surface area contributed by atoms with E-state index in [0.717, 1.165) is 12.1 Å². The SMILES string of the molecule is COC1CCN(C(=O)Cc2c(F)cccc2F)C(CN)C1. The van der Waals surface area contributed by atoms with Crippen molar-refractivity contribution in [2.45, 2.75) is 31.4 Å². The Balaban J connectivity index is 2.09. The summed E-state index contributed by atoms with van der Waals surface area (Å²) in [7, 11) is 1.63. The molecule has 116 valence electrons. The molecule has 1 heterocycles. The molecule has 2 rings (SSSR count). The number of likely N-dealkylation sites (tertiary alicyclic amines) is 1. The lowest BCUT2D eigenvalue weighted by Gasteiger charge is -2.38. The van der Waals surface area contributed by atoms with E-state index in [-0.39, 0.29) is 30.0 Å². The summed E-state index contributed by atoms with van der Waals surface area (Å²) in [4.78, 5) is 13.9. The van der Waals surface area contributed by atoms with Gasteiger partial charge in [0, 0.05) is 31.8 Å². The molecule has 0 aromatic heterocycles. The van der Waals surface area contributed by atoms with Gasteiger partial charge in [0.05, 0.1) is 12.5 Å². The summed E-state index contributed by atoms with van der Waals surface area (Å²) in [6, 6.07) is 3.45. The molecule has 1 fully saturated rings. The number of hydrogen-bond acceptors (Lipinski definition) is 3. The zero-order valence-electron chi connectivity index (χ0n) is 12.0. The van der Waals surface area contributed by atoms with Gasteiger partial charge in [-0.3, -0.25) is 4.79 Å². The number of piperidine rings is 1. The fourth-order valence-electron chi connectivity index (χ4n) is 2.73. The first kappa shape index (κ1) is 15.9. The minimum atomic E-state index is -0.695. The van der Waals surface area contributed by atoms with Gasteiger partial charge in [0.15, 0.2) is 0 Å². The molecule has 0 bridgehead atoms. The van der Waals surface area contributed by atoms with Crippen LogP contribution in [0.4, 0.5) is 8.78 Å². The Morgan fingerprint density at radius 2 is 2.10 bits per heavy atom. The normalized spacial score (nSPS) is 22.4. The predicted molar refractivity (Wildman–Crippen MR) is 74.6 cm³/mol. The van der Waals surface area contributed by atoms with Crippen LogP contribution >= 0.6 is 0 Å². The van der Waals surface area contributed by atoms with Gasteiger partial charge in [0.2, 0.25) is 5.91 Å². The average Bonchev–Trinajstić information content (AvgIpc) is 2.50. The van der Waals surface area contributed by atoms with Crippen LogP contribution in [0.2, 0.25) is 0 Å². The molecule has 0 saturated carbocycles. The molecule has 1 aliphatic rings. The van der Waals surface area contributed by atoms with Gasteiger partial charge in [-0.1, -0.05) is 6.07 Å². The van der Waals surface area contributed by atoms with Crippen LogP contribution in [0.3, 0.4) is 0 Å². The lowest BCUT2D eigenvalue weighted by Crippen LogP contribution is -2.51. The van der Waals surface area contributed by atoms with Crippen molar-refractivity contribution >= 4 is 5.91 Å². The summed E-state index contributed by atoms with van der Waals surface area (Å²) < 4.78 is 32.5. The van der Waals surface area contributed by atoms with Crippen LogP contribution in [-0.2, 0) is 16.0 Å². The third-order valence-electron chi connectivity index (χ3n) is 3.98. The smallest absolute Gasteiger partial charge is 0.227 e. The Hall–Kier alpha value is -1.53. The van der Waals surface area contributed by atoms with Gasteiger partial charge in [-0.15, -0.1) is 0 Å². The fraction of sp³-hybridized carbons (Fsp3) is 0.533. The van der Waals surface area contributed by atoms with Crippen LogP contribution in [0.1, 0.15) is 18.4 Å². The van der Waals surface area contributed by atoms with E-state index in [2.05, 4.69) is 0 Å². The molecule has 0 aliphatic carbocycles. The summed E-state index contributed by atoms with van der Waals surface area (Å²) in [6.45, 7) is 0.806. The molecule has 1 aliphatic heterocycles. The summed E-state index contributed by atoms with van der Waals surface area (Å²) in [5, 5.41) is 0. The van der Waals surface area contributed by atoms with Crippen molar-refractivity contribution < 1.29 is 18.3 Å². The number of carbonyl (C=O) groups is 1. The number of halogens is 2. The van der Waals surface area contributed by atoms with Gasteiger partial charge in [0.1, 0.15) is 11.6 Å². The Morgan fingerprint density at radius 1 is 1.43 bits per heavy atom. The number of hydrogen-bond donors (Lipinski definition) is 1. The predicted octanol–water partition coefficient (Wildman–Crippen LogP) is 1.47. The van der Waals surface area contributed by atoms with Crippen molar-refractivity contribution in [2.75, 3.05) is 20.2 Å². The molecule has 4 nitrogen and oxygen atoms in total. The number of nitrogens with two attached hydrogens (primary N) is 1. The molecule has 1 aromatic carbocycles. The van der Waals surface area contributed by atoms with Gasteiger partial charge >= 0.3 is 0 Å². The molecule has 0 spiro atoms. The van der Waals surface area contributed by atoms with E-state index in [1.807, 2.05) is 0 Å². The van der Waals surface area contributed by atoms with E-state index < -0.39 is 11.6 Å². The molecular weight excluding hydrogens is 278 g/mol. The molecular formula is C15H20F2N2O2. The van der Waals surface area contributed by atoms with Crippen LogP contribution in [0.5, 0.6) is 0 Å². The van der Waals surface area contributed by atoms with E-state index in [9.17, 15) is 13.6 Å². The maximum atomic E-state index is 13.6. The van der Waals surface area contributed by atoms with Crippen molar-refractivity contribution in [3.63, 3.8) is 0 Å². The fourth-order valence-corrected chi connectivity index (χ4v) is 2.73. The molecule has 0 radical (unpaired) electrons. The van der Waals surface area contributed by atoms with Gasteiger partial charge < -0.3 is 15.4 Å². The maximum Gasteiger partial charge on any atom is 0.227 e. The first-order valence-electron chi connectivity index (χ1n) is 7.02. The number of nitrogens with zero attached hydrogens (tertiary/aromatic N) is 1. The molecule has 2 N–H and O–H groups in total. The van der Waals surface area contributed by atoms with E-state index in [1.165, 1.54) is 6.07 Å². The second-order valence-corrected chi connectivity index (χ2v) is 5.24. The van der Waals surface area contributed by atoms with Crippen LogP contribution < -0.4 is 5.73 Å². The zero-order valence-corrected chi connectivity index (χ0v) is 12.0. The van der Waals surface area contributed by atoms with Gasteiger partial charge in [-0.25, -0.2) is 8.78 Å². The number of carbonyl (C=O) groups excluding carboxylic acids is 1. The number of rotatable bonds is 4. The topological polar surface area (TPSA) is 55.6 Å². The highest BCUT2D eigenvalue weighted by Gasteiger charge is 2.31. The molecule has 2 atom stereocenters. The molecule has 1 saturated heterocycles. The highest BCUT2D eigenvalue weighted by atomic mass is 19.1. The highest BCUT2D eigenvalue weighted by Crippen LogP contribution is 2.21. The van der Waals surface area contributed by atoms with Gasteiger partial charge in [-0.2, -0.15) is 0 Å². The summed E-state index contributed by atoms with van der Waals surface area (Å²) in [6.07, 6.45) is 1.15. The van der Waals surface area contributed by atoms with Gasteiger partial charge in [0.25, 0.3) is 0 Å². The van der Waals surface area contributed by atoms with E-state index in [4.69, 9.17) is 10.5 Å². The lowest BCUT2D eigenvalue weighted by atomic mass is 9.98. The largest absolute Gasteiger partial charge is 0.381 e. The molecule has 21 heavy (non-hydrogen) atoms. The molecule has 1 amide bonds. The van der Waals surface area contributed by atoms with Crippen LogP contribution in [0, 0.1) is 11.6 Å². The standard InChI is InChI=1S/C15H20F2N2O2/c1-21-11-5-6-19(10(7-11)9-18)15(20)8-12-13(16)3-2-4-14(12)17/h2-4,10-11H,5-9,18H2,1H3.